The second-order valence-corrected chi connectivity index (χ2v) is 10.4. The van der Waals surface area contributed by atoms with Crippen molar-refractivity contribution >= 4 is 27.9 Å². The second-order valence-electron chi connectivity index (χ2n) is 9.56. The predicted octanol–water partition coefficient (Wildman–Crippen LogP) is 9.36. The van der Waals surface area contributed by atoms with Crippen molar-refractivity contribution in [1.82, 2.24) is 9.97 Å². The number of halogens is 13. The van der Waals surface area contributed by atoms with Crippen LogP contribution in [0.5, 0.6) is 40.2 Å². The molecule has 0 fully saturated rings. The van der Waals surface area contributed by atoms with E-state index in [0.29, 0.717) is 12.3 Å². The lowest BCUT2D eigenvalue weighted by Gasteiger charge is -2.15. The molecule has 3 N–H and O–H groups in total. The average molecular weight is 875 g/mol. The van der Waals surface area contributed by atoms with Crippen molar-refractivity contribution in [2.75, 3.05) is 14.2 Å². The first-order valence-electron chi connectivity index (χ1n) is 13.7. The van der Waals surface area contributed by atoms with Gasteiger partial charge in [-0.1, -0.05) is 0 Å². The van der Waals surface area contributed by atoms with E-state index in [1.165, 1.54) is 7.11 Å². The van der Waals surface area contributed by atoms with Crippen molar-refractivity contribution in [3.05, 3.63) is 87.9 Å². The van der Waals surface area contributed by atoms with Gasteiger partial charge in [-0.05, 0) is 52.3 Å². The van der Waals surface area contributed by atoms with Crippen LogP contribution in [0.1, 0.15) is 32.1 Å². The maximum absolute atomic E-state index is 12.7. The van der Waals surface area contributed by atoms with Gasteiger partial charge in [-0.15, -0.1) is 26.3 Å². The number of aromatic hydroxyl groups is 1. The molecule has 0 aliphatic carbocycles. The molecule has 0 aliphatic heterocycles. The number of ether oxygens (including phenoxy) is 5. The number of hydrogen-bond acceptors (Lipinski definition) is 10. The smallest absolute Gasteiger partial charge is 0.504 e. The Morgan fingerprint density at radius 2 is 1.04 bits per heavy atom. The van der Waals surface area contributed by atoms with Gasteiger partial charge >= 0.3 is 37.0 Å². The minimum absolute atomic E-state index is 0.0120. The molecule has 0 unspecified atom stereocenters. The number of pyridine rings is 2. The summed E-state index contributed by atoms with van der Waals surface area (Å²) in [6, 6.07) is 6.36. The van der Waals surface area contributed by atoms with E-state index < -0.39 is 76.8 Å². The van der Waals surface area contributed by atoms with Crippen LogP contribution in [0.25, 0.3) is 0 Å². The Hall–Kier alpha value is -5.88. The zero-order valence-electron chi connectivity index (χ0n) is 26.8. The fourth-order valence-corrected chi connectivity index (χ4v) is 3.89. The first-order valence-corrected chi connectivity index (χ1v) is 14.5. The zero-order chi connectivity index (χ0) is 42.1. The number of hydrogen-bond donors (Lipinski definition) is 3. The van der Waals surface area contributed by atoms with Crippen LogP contribution in [0.15, 0.2) is 65.4 Å². The number of aromatic nitrogens is 2. The Morgan fingerprint density at radius 1 is 0.600 bits per heavy atom. The number of methoxy groups -OCH3 is 2. The Morgan fingerprint density at radius 3 is 1.47 bits per heavy atom. The summed E-state index contributed by atoms with van der Waals surface area (Å²) < 4.78 is 168. The second kappa shape index (κ2) is 18.0. The van der Waals surface area contributed by atoms with Crippen LogP contribution in [0.3, 0.4) is 0 Å². The van der Waals surface area contributed by atoms with Gasteiger partial charge in [0.1, 0.15) is 28.5 Å². The molecule has 0 saturated heterocycles. The molecule has 25 heteroatoms. The van der Waals surface area contributed by atoms with Crippen molar-refractivity contribution in [2.45, 2.75) is 25.1 Å². The van der Waals surface area contributed by atoms with E-state index in [1.54, 1.807) is 0 Å². The van der Waals surface area contributed by atoms with Gasteiger partial charge in [0, 0.05) is 18.3 Å². The van der Waals surface area contributed by atoms with Gasteiger partial charge in [0.05, 0.1) is 30.5 Å². The average Bonchev–Trinajstić information content (AvgIpc) is 3.04. The van der Waals surface area contributed by atoms with Crippen molar-refractivity contribution in [1.29, 1.82) is 0 Å². The molecule has 2 heterocycles. The summed E-state index contributed by atoms with van der Waals surface area (Å²) in [6.07, 6.45) is -17.9. The quantitative estimate of drug-likeness (QED) is 0.144. The minimum Gasteiger partial charge on any atom is -0.504 e. The van der Waals surface area contributed by atoms with Crippen molar-refractivity contribution < 1.29 is 101 Å². The third-order valence-corrected chi connectivity index (χ3v) is 6.37. The van der Waals surface area contributed by atoms with Crippen LogP contribution in [0.2, 0.25) is 0 Å². The molecule has 2 aromatic heterocycles. The number of nitrogens with zero attached hydrogens (tertiary/aromatic N) is 2. The lowest BCUT2D eigenvalue weighted by molar-refractivity contribution is -0.275. The molecular weight excluding hydrogens is 856 g/mol. The van der Waals surface area contributed by atoms with Gasteiger partial charge in [-0.25, -0.2) is 14.6 Å². The number of aromatic carboxylic acids is 2. The number of rotatable bonds is 8. The summed E-state index contributed by atoms with van der Waals surface area (Å²) in [5, 5.41) is 26.7. The van der Waals surface area contributed by atoms with Crippen LogP contribution in [-0.2, 0) is 12.4 Å². The van der Waals surface area contributed by atoms with Gasteiger partial charge in [0.15, 0.2) is 28.7 Å². The third kappa shape index (κ3) is 14.5. The fraction of sp³-hybridized carbons (Fsp3) is 0.200. The molecule has 0 saturated carbocycles. The normalized spacial score (nSPS) is 11.5. The highest BCUT2D eigenvalue weighted by Gasteiger charge is 2.36. The molecule has 0 bridgehead atoms. The summed E-state index contributed by atoms with van der Waals surface area (Å²) in [6.45, 7) is 0. The predicted molar refractivity (Wildman–Crippen MR) is 161 cm³/mol. The molecule has 2 aromatic carbocycles. The van der Waals surface area contributed by atoms with Crippen LogP contribution in [0.4, 0.5) is 52.7 Å². The number of alkyl halides is 12. The standard InChI is InChI=1S/C15H9F6NO5.C8H7F3O3.C7H3BrF3NO2/c1-25-10-4-7(27-15(19,20)21)2-3-9(10)26-11-6-22-12(14(16,17)18)5-8(11)13(23)24;1-13-7-4-5(2-3-6(7)12)14-8(9,10)11;8-4-2-12-5(7(9,10)11)1-3(4)6(13)14/h2-6H,1H3,(H,23,24);2-4,12H,1H3;1-2H,(H,13,14). The van der Waals surface area contributed by atoms with Crippen LogP contribution in [-0.4, -0.2) is 64.2 Å². The molecule has 300 valence electrons. The summed E-state index contributed by atoms with van der Waals surface area (Å²) in [7, 11) is 2.31. The number of carboxylic acid groups (broad SMARTS) is 2. The molecule has 0 atom stereocenters. The highest BCUT2D eigenvalue weighted by Crippen LogP contribution is 2.39. The van der Waals surface area contributed by atoms with Crippen LogP contribution >= 0.6 is 15.9 Å². The SMILES string of the molecule is COc1cc(OC(F)(F)F)ccc1O.COc1cc(OC(F)(F)F)ccc1Oc1cnc(C(F)(F)F)cc1C(=O)O.O=C(O)c1cc(C(F)(F)F)ncc1Br. The summed E-state index contributed by atoms with van der Waals surface area (Å²) in [4.78, 5) is 27.8. The summed E-state index contributed by atoms with van der Waals surface area (Å²) >= 11 is 2.79. The van der Waals surface area contributed by atoms with E-state index in [2.05, 4.69) is 40.1 Å². The number of carbonyl (C=O) groups is 2. The topological polar surface area (TPSA) is 167 Å². The van der Waals surface area contributed by atoms with Crippen LogP contribution < -0.4 is 23.7 Å². The minimum atomic E-state index is -4.96. The molecule has 55 heavy (non-hydrogen) atoms. The highest BCUT2D eigenvalue weighted by atomic mass is 79.9. The summed E-state index contributed by atoms with van der Waals surface area (Å²) in [5.41, 5.74) is -3.99. The Bertz CT molecular complexity index is 1970. The first-order chi connectivity index (χ1) is 25.1. The number of phenolic OH excluding ortho intramolecular Hbond substituents is 1. The Labute approximate surface area is 306 Å². The molecule has 0 amide bonds. The van der Waals surface area contributed by atoms with Crippen molar-refractivity contribution in [2.24, 2.45) is 0 Å². The number of carboxylic acids is 2. The molecule has 4 aromatic rings. The van der Waals surface area contributed by atoms with E-state index in [-0.39, 0.29) is 33.5 Å². The number of phenols is 1. The highest BCUT2D eigenvalue weighted by molar-refractivity contribution is 9.10. The maximum Gasteiger partial charge on any atom is 0.573 e. The van der Waals surface area contributed by atoms with Gasteiger partial charge in [0.25, 0.3) is 0 Å². The van der Waals surface area contributed by atoms with Crippen LogP contribution in [0, 0.1) is 0 Å². The molecule has 4 rings (SSSR count). The Balaban J connectivity index is 0.000000314. The maximum atomic E-state index is 12.7. The first kappa shape index (κ1) is 45.3. The monoisotopic (exact) mass is 874 g/mol. The molecule has 0 spiro atoms. The van der Waals surface area contributed by atoms with Gasteiger partial charge in [-0.3, -0.25) is 4.98 Å². The van der Waals surface area contributed by atoms with Gasteiger partial charge in [-0.2, -0.15) is 26.3 Å². The lowest BCUT2D eigenvalue weighted by atomic mass is 10.2. The lowest BCUT2D eigenvalue weighted by Crippen LogP contribution is -2.17. The molecular formula is C30H19BrF12N2O10. The van der Waals surface area contributed by atoms with E-state index in [9.17, 15) is 62.3 Å². The van der Waals surface area contributed by atoms with Crippen molar-refractivity contribution in [3.63, 3.8) is 0 Å². The van der Waals surface area contributed by atoms with E-state index in [4.69, 9.17) is 24.8 Å². The molecule has 12 nitrogen and oxygen atoms in total. The molecule has 0 aliphatic rings. The zero-order valence-corrected chi connectivity index (χ0v) is 28.4. The largest absolute Gasteiger partial charge is 0.573 e. The van der Waals surface area contributed by atoms with Gasteiger partial charge < -0.3 is 39.0 Å². The molecule has 0 radical (unpaired) electrons. The van der Waals surface area contributed by atoms with Crippen molar-refractivity contribution in [3.8, 4) is 40.2 Å². The van der Waals surface area contributed by atoms with Gasteiger partial charge in [0.2, 0.25) is 0 Å². The third-order valence-electron chi connectivity index (χ3n) is 5.74. The van der Waals surface area contributed by atoms with E-state index in [0.717, 1.165) is 49.7 Å². The van der Waals surface area contributed by atoms with E-state index >= 15 is 0 Å². The Kier molecular flexibility index (Phi) is 14.8. The fourth-order valence-electron chi connectivity index (χ4n) is 3.51. The number of benzene rings is 2. The van der Waals surface area contributed by atoms with E-state index in [1.807, 2.05) is 0 Å². The summed E-state index contributed by atoms with van der Waals surface area (Å²) in [5.74, 6) is -5.70.